The van der Waals surface area contributed by atoms with Crippen LogP contribution in [0.4, 0.5) is 4.39 Å². The lowest BCUT2D eigenvalue weighted by Crippen LogP contribution is -2.25. The summed E-state index contributed by atoms with van der Waals surface area (Å²) < 4.78 is 26.6. The third-order valence-electron chi connectivity index (χ3n) is 5.63. The highest BCUT2D eigenvalue weighted by Crippen LogP contribution is 2.36. The average Bonchev–Trinajstić information content (AvgIpc) is 3.63. The second-order valence-electron chi connectivity index (χ2n) is 7.87. The number of pyridine rings is 1. The molecule has 0 radical (unpaired) electrons. The van der Waals surface area contributed by atoms with Gasteiger partial charge >= 0.3 is 0 Å². The molecule has 1 aliphatic rings. The summed E-state index contributed by atoms with van der Waals surface area (Å²) in [5.74, 6) is -0.922. The van der Waals surface area contributed by atoms with E-state index >= 15 is 4.39 Å². The first-order valence-electron chi connectivity index (χ1n) is 10.4. The molecule has 1 heterocycles. The molecule has 5 rings (SSSR count). The highest BCUT2D eigenvalue weighted by atomic mass is 19.1. The molecule has 3 N–H and O–H groups in total. The van der Waals surface area contributed by atoms with Gasteiger partial charge in [0.2, 0.25) is 0 Å². The number of hydrogen-bond donors (Lipinski definition) is 2. The van der Waals surface area contributed by atoms with E-state index in [0.717, 1.165) is 12.8 Å². The fourth-order valence-corrected chi connectivity index (χ4v) is 3.79. The summed E-state index contributed by atoms with van der Waals surface area (Å²) in [6.45, 7) is 0. The highest BCUT2D eigenvalue weighted by molar-refractivity contribution is 6.07. The number of nitrogens with one attached hydrogen (secondary N) is 1. The molecule has 166 valence electrons. The van der Waals surface area contributed by atoms with E-state index < -0.39 is 11.7 Å². The number of ether oxygens (including phenoxy) is 2. The molecule has 1 aromatic heterocycles. The Kier molecular flexibility index (Phi) is 5.05. The number of nitrogens with zero attached hydrogens (tertiary/aromatic N) is 1. The Balaban J connectivity index is 1.56. The van der Waals surface area contributed by atoms with Crippen LogP contribution in [0.15, 0.2) is 54.7 Å². The van der Waals surface area contributed by atoms with Gasteiger partial charge in [0.05, 0.1) is 18.2 Å². The SMILES string of the molecule is COc1cc2nccc(Oc3ccc4c(C(=O)NC5CC5)cccc4c3F)c2cc1C(N)=O. The first kappa shape index (κ1) is 20.7. The lowest BCUT2D eigenvalue weighted by atomic mass is 10.0. The van der Waals surface area contributed by atoms with E-state index in [0.29, 0.717) is 27.6 Å². The Bertz CT molecular complexity index is 1430. The molecule has 1 saturated carbocycles. The Morgan fingerprint density at radius 3 is 2.55 bits per heavy atom. The number of aromatic nitrogens is 1. The molecule has 0 atom stereocenters. The van der Waals surface area contributed by atoms with Crippen molar-refractivity contribution in [1.29, 1.82) is 0 Å². The Hall–Kier alpha value is -4.20. The number of fused-ring (bicyclic) bond motifs is 2. The number of methoxy groups -OCH3 is 1. The van der Waals surface area contributed by atoms with Gasteiger partial charge in [-0.2, -0.15) is 0 Å². The van der Waals surface area contributed by atoms with Crippen LogP contribution in [-0.4, -0.2) is 29.9 Å². The predicted molar refractivity (Wildman–Crippen MR) is 121 cm³/mol. The summed E-state index contributed by atoms with van der Waals surface area (Å²) in [4.78, 5) is 28.7. The molecule has 4 aromatic rings. The third kappa shape index (κ3) is 3.80. The van der Waals surface area contributed by atoms with Gasteiger partial charge in [0.15, 0.2) is 11.6 Å². The fourth-order valence-electron chi connectivity index (χ4n) is 3.79. The van der Waals surface area contributed by atoms with E-state index in [1.165, 1.54) is 25.4 Å². The van der Waals surface area contributed by atoms with Crippen molar-refractivity contribution < 1.29 is 23.5 Å². The lowest BCUT2D eigenvalue weighted by molar-refractivity contribution is 0.0951. The second kappa shape index (κ2) is 8.05. The maximum absolute atomic E-state index is 15.4. The van der Waals surface area contributed by atoms with Crippen molar-refractivity contribution in [3.63, 3.8) is 0 Å². The minimum atomic E-state index is -0.669. The number of carbonyl (C=O) groups is 2. The molecule has 7 nitrogen and oxygen atoms in total. The van der Waals surface area contributed by atoms with Crippen LogP contribution in [0.3, 0.4) is 0 Å². The van der Waals surface area contributed by atoms with E-state index in [1.54, 1.807) is 36.4 Å². The predicted octanol–water partition coefficient (Wildman–Crippen LogP) is 4.32. The molecule has 8 heteroatoms. The zero-order chi connectivity index (χ0) is 23.1. The lowest BCUT2D eigenvalue weighted by Gasteiger charge is -2.14. The van der Waals surface area contributed by atoms with E-state index in [2.05, 4.69) is 10.3 Å². The van der Waals surface area contributed by atoms with Gasteiger partial charge in [-0.3, -0.25) is 14.6 Å². The summed E-state index contributed by atoms with van der Waals surface area (Å²) in [6, 6.07) is 12.9. The van der Waals surface area contributed by atoms with Crippen LogP contribution in [0, 0.1) is 5.82 Å². The van der Waals surface area contributed by atoms with Crippen LogP contribution < -0.4 is 20.5 Å². The van der Waals surface area contributed by atoms with Crippen LogP contribution in [0.2, 0.25) is 0 Å². The van der Waals surface area contributed by atoms with Crippen molar-refractivity contribution in [2.24, 2.45) is 5.73 Å². The average molecular weight is 445 g/mol. The van der Waals surface area contributed by atoms with E-state index in [-0.39, 0.29) is 34.4 Å². The van der Waals surface area contributed by atoms with Crippen LogP contribution in [0.1, 0.15) is 33.6 Å². The van der Waals surface area contributed by atoms with Gasteiger partial charge in [0.25, 0.3) is 11.8 Å². The van der Waals surface area contributed by atoms with E-state index in [9.17, 15) is 9.59 Å². The quantitative estimate of drug-likeness (QED) is 0.460. The number of carbonyl (C=O) groups excluding carboxylic acids is 2. The minimum absolute atomic E-state index is 0.0220. The van der Waals surface area contributed by atoms with Crippen LogP contribution in [0.25, 0.3) is 21.7 Å². The summed E-state index contributed by atoms with van der Waals surface area (Å²) in [5.41, 5.74) is 6.54. The zero-order valence-corrected chi connectivity index (χ0v) is 17.7. The molecule has 2 amide bonds. The van der Waals surface area contributed by atoms with Gasteiger partial charge in [0.1, 0.15) is 11.5 Å². The van der Waals surface area contributed by atoms with Crippen molar-refractivity contribution in [3.05, 3.63) is 71.7 Å². The largest absolute Gasteiger partial charge is 0.496 e. The standard InChI is InChI=1S/C25H20FN3O4/c1-32-22-12-19-17(11-18(22)24(27)30)20(9-10-28-19)33-21-8-7-14-15(23(21)26)3-2-4-16(14)25(31)29-13-5-6-13/h2-4,7-13H,5-6H2,1H3,(H2,27,30)(H,29,31). The van der Waals surface area contributed by atoms with Crippen molar-refractivity contribution in [2.45, 2.75) is 18.9 Å². The summed E-state index contributed by atoms with van der Waals surface area (Å²) in [6.07, 6.45) is 3.44. The normalized spacial score (nSPS) is 13.2. The number of halogens is 1. The maximum atomic E-state index is 15.4. The number of benzene rings is 3. The Labute approximate surface area is 188 Å². The topological polar surface area (TPSA) is 104 Å². The van der Waals surface area contributed by atoms with Gasteiger partial charge in [-0.25, -0.2) is 4.39 Å². The number of nitrogens with two attached hydrogens (primary N) is 1. The molecule has 0 bridgehead atoms. The van der Waals surface area contributed by atoms with Crippen molar-refractivity contribution >= 4 is 33.5 Å². The number of hydrogen-bond acceptors (Lipinski definition) is 5. The van der Waals surface area contributed by atoms with Crippen LogP contribution in [0.5, 0.6) is 17.2 Å². The fraction of sp³-hybridized carbons (Fsp3) is 0.160. The van der Waals surface area contributed by atoms with Crippen LogP contribution >= 0.6 is 0 Å². The minimum Gasteiger partial charge on any atom is -0.496 e. The Morgan fingerprint density at radius 2 is 1.82 bits per heavy atom. The molecule has 3 aromatic carbocycles. The molecule has 33 heavy (non-hydrogen) atoms. The summed E-state index contributed by atoms with van der Waals surface area (Å²) in [5, 5.41) is 4.18. The molecule has 0 saturated heterocycles. The molecule has 0 aliphatic heterocycles. The zero-order valence-electron chi connectivity index (χ0n) is 17.7. The summed E-state index contributed by atoms with van der Waals surface area (Å²) >= 11 is 0. The highest BCUT2D eigenvalue weighted by Gasteiger charge is 2.25. The van der Waals surface area contributed by atoms with Crippen molar-refractivity contribution in [3.8, 4) is 17.2 Å². The molecular weight excluding hydrogens is 425 g/mol. The number of primary amides is 1. The number of rotatable bonds is 6. The van der Waals surface area contributed by atoms with Gasteiger partial charge in [-0.1, -0.05) is 12.1 Å². The van der Waals surface area contributed by atoms with Gasteiger partial charge in [0, 0.05) is 34.6 Å². The van der Waals surface area contributed by atoms with Gasteiger partial charge in [-0.05, 0) is 48.6 Å². The molecule has 1 fully saturated rings. The number of amides is 2. The third-order valence-corrected chi connectivity index (χ3v) is 5.63. The first-order chi connectivity index (χ1) is 16.0. The Morgan fingerprint density at radius 1 is 1.00 bits per heavy atom. The first-order valence-corrected chi connectivity index (χ1v) is 10.4. The molecule has 0 unspecified atom stereocenters. The van der Waals surface area contributed by atoms with E-state index in [1.807, 2.05) is 0 Å². The maximum Gasteiger partial charge on any atom is 0.252 e. The van der Waals surface area contributed by atoms with Crippen molar-refractivity contribution in [2.75, 3.05) is 7.11 Å². The van der Waals surface area contributed by atoms with Crippen molar-refractivity contribution in [1.82, 2.24) is 10.3 Å². The molecular formula is C25H20FN3O4. The van der Waals surface area contributed by atoms with Gasteiger partial charge in [-0.15, -0.1) is 0 Å². The van der Waals surface area contributed by atoms with Crippen LogP contribution in [-0.2, 0) is 0 Å². The molecule has 1 aliphatic carbocycles. The van der Waals surface area contributed by atoms with Gasteiger partial charge < -0.3 is 20.5 Å². The van der Waals surface area contributed by atoms with E-state index in [4.69, 9.17) is 15.2 Å². The second-order valence-corrected chi connectivity index (χ2v) is 7.87. The monoisotopic (exact) mass is 445 g/mol. The molecule has 0 spiro atoms. The smallest absolute Gasteiger partial charge is 0.252 e. The summed E-state index contributed by atoms with van der Waals surface area (Å²) in [7, 11) is 1.43.